The Labute approximate surface area is 156 Å². The van der Waals surface area contributed by atoms with Crippen LogP contribution in [0.2, 0.25) is 0 Å². The lowest BCUT2D eigenvalue weighted by atomic mass is 10.2. The maximum Gasteiger partial charge on any atom is 0.270 e. The van der Waals surface area contributed by atoms with Crippen molar-refractivity contribution in [3.63, 3.8) is 0 Å². The Kier molecular flexibility index (Phi) is 5.03. The van der Waals surface area contributed by atoms with Gasteiger partial charge in [-0.05, 0) is 36.4 Å². The molecule has 1 aliphatic heterocycles. The molecule has 3 nitrogen and oxygen atoms in total. The monoisotopic (exact) mass is 423 g/mol. The summed E-state index contributed by atoms with van der Waals surface area (Å²) in [5, 5.41) is 0. The molecule has 3 rings (SSSR count). The number of ether oxygens (including phenoxy) is 1. The average Bonchev–Trinajstić information content (AvgIpc) is 2.82. The highest BCUT2D eigenvalue weighted by Crippen LogP contribution is 2.38. The Hall–Kier alpha value is -1.70. The predicted octanol–water partition coefficient (Wildman–Crippen LogP) is 5.00. The molecular weight excluding hydrogens is 413 g/mol. The first-order valence-corrected chi connectivity index (χ1v) is 8.89. The van der Waals surface area contributed by atoms with E-state index in [0.29, 0.717) is 15.0 Å². The highest BCUT2D eigenvalue weighted by atomic mass is 79.9. The molecule has 1 heterocycles. The van der Waals surface area contributed by atoms with Gasteiger partial charge in [0.1, 0.15) is 11.6 Å². The molecule has 2 aromatic carbocycles. The molecule has 7 heteroatoms. The Morgan fingerprint density at radius 3 is 2.75 bits per heavy atom. The second-order valence-electron chi connectivity index (χ2n) is 4.85. The van der Waals surface area contributed by atoms with E-state index in [2.05, 4.69) is 15.9 Å². The fourth-order valence-corrected chi connectivity index (χ4v) is 3.92. The second kappa shape index (κ2) is 7.04. The normalized spacial score (nSPS) is 16.1. The third-order valence-corrected chi connectivity index (χ3v) is 5.16. The summed E-state index contributed by atoms with van der Waals surface area (Å²) in [6, 6.07) is 11.6. The van der Waals surface area contributed by atoms with Crippen LogP contribution in [0.5, 0.6) is 5.75 Å². The van der Waals surface area contributed by atoms with Crippen molar-refractivity contribution in [2.24, 2.45) is 0 Å². The van der Waals surface area contributed by atoms with Crippen LogP contribution >= 0.6 is 39.9 Å². The maximum absolute atomic E-state index is 14.0. The van der Waals surface area contributed by atoms with E-state index in [9.17, 15) is 9.18 Å². The Balaban J connectivity index is 2.01. The van der Waals surface area contributed by atoms with Crippen molar-refractivity contribution in [2.45, 2.75) is 0 Å². The third-order valence-electron chi connectivity index (χ3n) is 3.37. The van der Waals surface area contributed by atoms with Gasteiger partial charge in [0.05, 0.1) is 17.7 Å². The molecule has 24 heavy (non-hydrogen) atoms. The van der Waals surface area contributed by atoms with E-state index >= 15 is 0 Å². The van der Waals surface area contributed by atoms with Gasteiger partial charge in [-0.1, -0.05) is 52.0 Å². The standard InChI is InChI=1S/C17H11BrFNO2S2/c1-22-14-7-6-11(18)8-10(14)9-15-16(21)20(17(23)24-15)13-5-3-2-4-12(13)19/h2-9H,1H3/b15-9+. The van der Waals surface area contributed by atoms with Gasteiger partial charge in [-0.3, -0.25) is 9.69 Å². The van der Waals surface area contributed by atoms with E-state index in [4.69, 9.17) is 17.0 Å². The summed E-state index contributed by atoms with van der Waals surface area (Å²) in [6.07, 6.45) is 1.70. The number of halogens is 2. The quantitative estimate of drug-likeness (QED) is 0.512. The number of rotatable bonds is 3. The van der Waals surface area contributed by atoms with Gasteiger partial charge in [0.2, 0.25) is 0 Å². The Bertz CT molecular complexity index is 869. The van der Waals surface area contributed by atoms with Crippen LogP contribution in [0.4, 0.5) is 10.1 Å². The predicted molar refractivity (Wildman–Crippen MR) is 103 cm³/mol. The third kappa shape index (κ3) is 3.24. The van der Waals surface area contributed by atoms with Gasteiger partial charge >= 0.3 is 0 Å². The lowest BCUT2D eigenvalue weighted by Crippen LogP contribution is -2.28. The van der Waals surface area contributed by atoms with E-state index in [1.165, 1.54) is 17.0 Å². The fourth-order valence-electron chi connectivity index (χ4n) is 2.27. The van der Waals surface area contributed by atoms with Crippen LogP contribution in [0.1, 0.15) is 5.56 Å². The fraction of sp³-hybridized carbons (Fsp3) is 0.0588. The van der Waals surface area contributed by atoms with Crippen LogP contribution in [-0.2, 0) is 4.79 Å². The summed E-state index contributed by atoms with van der Waals surface area (Å²) in [7, 11) is 1.56. The number of thiocarbonyl (C=S) groups is 1. The Morgan fingerprint density at radius 2 is 2.04 bits per heavy atom. The van der Waals surface area contributed by atoms with Crippen molar-refractivity contribution in [2.75, 3.05) is 12.0 Å². The molecule has 0 atom stereocenters. The van der Waals surface area contributed by atoms with Crippen molar-refractivity contribution >= 4 is 61.9 Å². The van der Waals surface area contributed by atoms with Gasteiger partial charge in [-0.2, -0.15) is 0 Å². The van der Waals surface area contributed by atoms with E-state index in [1.54, 1.807) is 31.4 Å². The largest absolute Gasteiger partial charge is 0.496 e. The summed E-state index contributed by atoms with van der Waals surface area (Å²) in [4.78, 5) is 14.3. The molecule has 0 aliphatic carbocycles. The molecule has 0 bridgehead atoms. The first kappa shape index (κ1) is 17.1. The highest BCUT2D eigenvalue weighted by Gasteiger charge is 2.34. The molecule has 122 valence electrons. The summed E-state index contributed by atoms with van der Waals surface area (Å²) >= 11 is 9.79. The van der Waals surface area contributed by atoms with Gasteiger partial charge < -0.3 is 4.74 Å². The number of thioether (sulfide) groups is 1. The molecule has 0 N–H and O–H groups in total. The highest BCUT2D eigenvalue weighted by molar-refractivity contribution is 9.10. The summed E-state index contributed by atoms with van der Waals surface area (Å²) in [6.45, 7) is 0. The molecule has 0 spiro atoms. The number of carbonyl (C=O) groups is 1. The average molecular weight is 424 g/mol. The first-order chi connectivity index (χ1) is 11.5. The minimum Gasteiger partial charge on any atom is -0.496 e. The molecule has 0 saturated carbocycles. The van der Waals surface area contributed by atoms with Gasteiger partial charge in [-0.15, -0.1) is 0 Å². The van der Waals surface area contributed by atoms with Crippen LogP contribution in [0, 0.1) is 5.82 Å². The van der Waals surface area contributed by atoms with Crippen molar-refractivity contribution < 1.29 is 13.9 Å². The second-order valence-corrected chi connectivity index (χ2v) is 7.45. The minimum absolute atomic E-state index is 0.157. The number of para-hydroxylation sites is 1. The lowest BCUT2D eigenvalue weighted by molar-refractivity contribution is -0.113. The SMILES string of the molecule is COc1ccc(Br)cc1/C=C1/SC(=S)N(c2ccccc2F)C1=O. The topological polar surface area (TPSA) is 29.5 Å². The number of hydrogen-bond acceptors (Lipinski definition) is 4. The van der Waals surface area contributed by atoms with Crippen LogP contribution in [0.25, 0.3) is 6.08 Å². The Morgan fingerprint density at radius 1 is 1.29 bits per heavy atom. The number of benzene rings is 2. The van der Waals surface area contributed by atoms with Crippen LogP contribution < -0.4 is 9.64 Å². The van der Waals surface area contributed by atoms with Gasteiger partial charge in [0, 0.05) is 10.0 Å². The lowest BCUT2D eigenvalue weighted by Gasteiger charge is -2.14. The van der Waals surface area contributed by atoms with Crippen molar-refractivity contribution in [1.29, 1.82) is 0 Å². The molecule has 0 unspecified atom stereocenters. The number of carbonyl (C=O) groups excluding carboxylic acids is 1. The van der Waals surface area contributed by atoms with Crippen molar-refractivity contribution in [3.8, 4) is 5.75 Å². The van der Waals surface area contributed by atoms with Gasteiger partial charge in [-0.25, -0.2) is 4.39 Å². The molecule has 1 amide bonds. The summed E-state index contributed by atoms with van der Waals surface area (Å²) in [5.74, 6) is -0.207. The van der Waals surface area contributed by atoms with Crippen LogP contribution in [0.15, 0.2) is 51.8 Å². The summed E-state index contributed by atoms with van der Waals surface area (Å²) in [5.41, 5.74) is 0.894. The van der Waals surface area contributed by atoms with Crippen molar-refractivity contribution in [1.82, 2.24) is 0 Å². The van der Waals surface area contributed by atoms with Gasteiger partial charge in [0.15, 0.2) is 4.32 Å². The minimum atomic E-state index is -0.491. The van der Waals surface area contributed by atoms with Gasteiger partial charge in [0.25, 0.3) is 5.91 Å². The van der Waals surface area contributed by atoms with Crippen LogP contribution in [-0.4, -0.2) is 17.3 Å². The van der Waals surface area contributed by atoms with E-state index in [-0.39, 0.29) is 11.6 Å². The van der Waals surface area contributed by atoms with E-state index in [1.807, 2.05) is 12.1 Å². The molecule has 1 fully saturated rings. The molecule has 1 saturated heterocycles. The first-order valence-electron chi connectivity index (χ1n) is 6.87. The number of hydrogen-bond donors (Lipinski definition) is 0. The zero-order chi connectivity index (χ0) is 17.3. The molecule has 0 radical (unpaired) electrons. The number of anilines is 1. The molecule has 1 aliphatic rings. The maximum atomic E-state index is 14.0. The number of amides is 1. The number of methoxy groups -OCH3 is 1. The molecular formula is C17H11BrFNO2S2. The molecule has 2 aromatic rings. The van der Waals surface area contributed by atoms with E-state index < -0.39 is 5.82 Å². The zero-order valence-electron chi connectivity index (χ0n) is 12.5. The smallest absolute Gasteiger partial charge is 0.270 e. The van der Waals surface area contributed by atoms with Crippen LogP contribution in [0.3, 0.4) is 0 Å². The van der Waals surface area contributed by atoms with Crippen molar-refractivity contribution in [3.05, 3.63) is 63.2 Å². The van der Waals surface area contributed by atoms with E-state index in [0.717, 1.165) is 21.8 Å². The number of nitrogens with zero attached hydrogens (tertiary/aromatic N) is 1. The summed E-state index contributed by atoms with van der Waals surface area (Å²) < 4.78 is 20.5. The zero-order valence-corrected chi connectivity index (χ0v) is 15.7. The molecule has 0 aromatic heterocycles.